The van der Waals surface area contributed by atoms with Crippen LogP contribution in [0.3, 0.4) is 0 Å². The Kier molecular flexibility index (Phi) is 5.54. The Morgan fingerprint density at radius 1 is 1.03 bits per heavy atom. The van der Waals surface area contributed by atoms with Gasteiger partial charge in [-0.25, -0.2) is 4.98 Å². The number of azo groups is 1. The lowest BCUT2D eigenvalue weighted by Crippen LogP contribution is -2.25. The first-order valence-corrected chi connectivity index (χ1v) is 9.96. The van der Waals surface area contributed by atoms with Crippen molar-refractivity contribution >= 4 is 33.4 Å². The van der Waals surface area contributed by atoms with E-state index >= 15 is 0 Å². The fourth-order valence-electron chi connectivity index (χ4n) is 3.47. The van der Waals surface area contributed by atoms with Gasteiger partial charge in [-0.2, -0.15) is 0 Å². The molecule has 2 heterocycles. The van der Waals surface area contributed by atoms with Crippen LogP contribution in [0.5, 0.6) is 5.88 Å². The van der Waals surface area contributed by atoms with E-state index in [1.54, 1.807) is 10.6 Å². The number of carbonyl (C=O) groups excluding carboxylic acids is 1. The van der Waals surface area contributed by atoms with Gasteiger partial charge in [-0.3, -0.25) is 14.3 Å². The summed E-state index contributed by atoms with van der Waals surface area (Å²) in [6.07, 6.45) is 0. The minimum Gasteiger partial charge on any atom is -0.493 e. The van der Waals surface area contributed by atoms with Gasteiger partial charge in [-0.15, -0.1) is 10.2 Å². The van der Waals surface area contributed by atoms with Crippen LogP contribution in [0, 0.1) is 0 Å². The molecule has 0 saturated heterocycles. The predicted molar refractivity (Wildman–Crippen MR) is 117 cm³/mol. The van der Waals surface area contributed by atoms with Gasteiger partial charge in [0.2, 0.25) is 5.88 Å². The SMILES string of the molecule is CCN(CC)Cn1c(O)c(N=NC(=O)c2ccc3ccccc3n2)c2ccccc21. The number of rotatable bonds is 6. The summed E-state index contributed by atoms with van der Waals surface area (Å²) >= 11 is 0. The lowest BCUT2D eigenvalue weighted by atomic mass is 10.2. The maximum absolute atomic E-state index is 12.6. The first kappa shape index (κ1) is 19.7. The Morgan fingerprint density at radius 3 is 2.57 bits per heavy atom. The van der Waals surface area contributed by atoms with Crippen LogP contribution >= 0.6 is 0 Å². The van der Waals surface area contributed by atoms with Crippen LogP contribution in [0.15, 0.2) is 70.9 Å². The second-order valence-corrected chi connectivity index (χ2v) is 6.96. The second kappa shape index (κ2) is 8.42. The molecule has 2 aromatic carbocycles. The third-order valence-electron chi connectivity index (χ3n) is 5.21. The zero-order valence-electron chi connectivity index (χ0n) is 17.0. The third-order valence-corrected chi connectivity index (χ3v) is 5.21. The molecule has 4 aromatic rings. The minimum absolute atomic E-state index is 0.00822. The third kappa shape index (κ3) is 3.67. The molecule has 0 aliphatic carbocycles. The van der Waals surface area contributed by atoms with Gasteiger partial charge >= 0.3 is 5.91 Å². The normalized spacial score (nSPS) is 11.8. The quantitative estimate of drug-likeness (QED) is 0.455. The molecule has 4 rings (SSSR count). The number of amides is 1. The molecule has 1 N–H and O–H groups in total. The summed E-state index contributed by atoms with van der Waals surface area (Å²) in [5, 5.41) is 20.5. The second-order valence-electron chi connectivity index (χ2n) is 6.96. The van der Waals surface area contributed by atoms with E-state index in [2.05, 4.69) is 34.0 Å². The predicted octanol–water partition coefficient (Wildman–Crippen LogP) is 5.12. The number of aromatic nitrogens is 2. The number of fused-ring (bicyclic) bond motifs is 2. The molecule has 7 heteroatoms. The molecule has 0 aliphatic rings. The van der Waals surface area contributed by atoms with Gasteiger partial charge in [-0.1, -0.05) is 56.3 Å². The number of aromatic hydroxyl groups is 1. The molecule has 1 amide bonds. The molecule has 152 valence electrons. The van der Waals surface area contributed by atoms with Gasteiger partial charge in [0.1, 0.15) is 5.69 Å². The summed E-state index contributed by atoms with van der Waals surface area (Å²) < 4.78 is 1.79. The molecular weight excluding hydrogens is 378 g/mol. The van der Waals surface area contributed by atoms with Gasteiger partial charge in [0.05, 0.1) is 17.7 Å². The Morgan fingerprint density at radius 2 is 1.77 bits per heavy atom. The fourth-order valence-corrected chi connectivity index (χ4v) is 3.47. The maximum Gasteiger partial charge on any atom is 0.313 e. The molecule has 30 heavy (non-hydrogen) atoms. The van der Waals surface area contributed by atoms with Gasteiger partial charge in [0, 0.05) is 10.8 Å². The number of benzene rings is 2. The van der Waals surface area contributed by atoms with Crippen LogP contribution in [0.1, 0.15) is 24.3 Å². The number of pyridine rings is 1. The van der Waals surface area contributed by atoms with Crippen molar-refractivity contribution in [1.82, 2.24) is 14.5 Å². The maximum atomic E-state index is 12.6. The Labute approximate surface area is 174 Å². The van der Waals surface area contributed by atoms with Crippen molar-refractivity contribution in [3.8, 4) is 5.88 Å². The molecule has 0 spiro atoms. The number of hydrogen-bond acceptors (Lipinski definition) is 5. The van der Waals surface area contributed by atoms with Gasteiger partial charge in [-0.05, 0) is 31.3 Å². The lowest BCUT2D eigenvalue weighted by Gasteiger charge is -2.19. The average molecular weight is 401 g/mol. The van der Waals surface area contributed by atoms with E-state index in [0.717, 1.165) is 34.9 Å². The highest BCUT2D eigenvalue weighted by atomic mass is 16.3. The van der Waals surface area contributed by atoms with Crippen LogP contribution in [0.4, 0.5) is 5.69 Å². The molecule has 7 nitrogen and oxygen atoms in total. The summed E-state index contributed by atoms with van der Waals surface area (Å²) in [7, 11) is 0. The molecule has 0 aliphatic heterocycles. The fraction of sp³-hybridized carbons (Fsp3) is 0.217. The van der Waals surface area contributed by atoms with Crippen LogP contribution in [-0.4, -0.2) is 38.6 Å². The zero-order valence-corrected chi connectivity index (χ0v) is 17.0. The highest BCUT2D eigenvalue weighted by Gasteiger charge is 2.18. The van der Waals surface area contributed by atoms with Crippen LogP contribution in [-0.2, 0) is 6.67 Å². The van der Waals surface area contributed by atoms with Crippen LogP contribution in [0.2, 0.25) is 0 Å². The van der Waals surface area contributed by atoms with Crippen LogP contribution < -0.4 is 0 Å². The summed E-state index contributed by atoms with van der Waals surface area (Å²) in [4.78, 5) is 19.1. The number of para-hydroxylation sites is 2. The van der Waals surface area contributed by atoms with Crippen molar-refractivity contribution in [1.29, 1.82) is 0 Å². The van der Waals surface area contributed by atoms with E-state index in [4.69, 9.17) is 0 Å². The molecule has 0 fully saturated rings. The smallest absolute Gasteiger partial charge is 0.313 e. The van der Waals surface area contributed by atoms with E-state index in [1.165, 1.54) is 0 Å². The number of nitrogens with zero attached hydrogens (tertiary/aromatic N) is 5. The number of hydrogen-bond donors (Lipinski definition) is 1. The summed E-state index contributed by atoms with van der Waals surface area (Å²) in [6, 6.07) is 18.6. The zero-order chi connectivity index (χ0) is 21.1. The molecule has 0 bridgehead atoms. The molecule has 0 atom stereocenters. The first-order chi connectivity index (χ1) is 14.6. The van der Waals surface area contributed by atoms with E-state index in [0.29, 0.717) is 6.67 Å². The highest BCUT2D eigenvalue weighted by Crippen LogP contribution is 2.39. The van der Waals surface area contributed by atoms with E-state index in [-0.39, 0.29) is 17.3 Å². The van der Waals surface area contributed by atoms with Gasteiger partial charge in [0.15, 0.2) is 5.69 Å². The van der Waals surface area contributed by atoms with Crippen molar-refractivity contribution in [2.24, 2.45) is 10.2 Å². The van der Waals surface area contributed by atoms with Crippen molar-refractivity contribution in [2.45, 2.75) is 20.5 Å². The molecule has 0 unspecified atom stereocenters. The molecule has 2 aromatic heterocycles. The van der Waals surface area contributed by atoms with Crippen molar-refractivity contribution < 1.29 is 9.90 Å². The Bertz CT molecular complexity index is 1240. The molecule has 0 radical (unpaired) electrons. The molecular formula is C23H23N5O2. The van der Waals surface area contributed by atoms with Gasteiger partial charge in [0.25, 0.3) is 0 Å². The summed E-state index contributed by atoms with van der Waals surface area (Å²) in [5.41, 5.74) is 2.06. The Balaban J connectivity index is 1.69. The average Bonchev–Trinajstić information content (AvgIpc) is 3.06. The van der Waals surface area contributed by atoms with Crippen molar-refractivity contribution in [2.75, 3.05) is 13.1 Å². The van der Waals surface area contributed by atoms with Gasteiger partial charge < -0.3 is 5.11 Å². The Hall–Kier alpha value is -3.58. The van der Waals surface area contributed by atoms with Crippen LogP contribution in [0.25, 0.3) is 21.8 Å². The van der Waals surface area contributed by atoms with Crippen molar-refractivity contribution in [3.63, 3.8) is 0 Å². The standard InChI is InChI=1S/C23H23N5O2/c1-3-27(4-2)15-28-20-12-8-6-10-17(20)21(23(28)30)25-26-22(29)19-14-13-16-9-5-7-11-18(16)24-19/h5-14,30H,3-4,15H2,1-2H3. The largest absolute Gasteiger partial charge is 0.493 e. The molecule has 0 saturated carbocycles. The first-order valence-electron chi connectivity index (χ1n) is 9.96. The summed E-state index contributed by atoms with van der Waals surface area (Å²) in [6.45, 7) is 6.37. The minimum atomic E-state index is -0.555. The lowest BCUT2D eigenvalue weighted by molar-refractivity contribution is 0.0990. The highest BCUT2D eigenvalue weighted by molar-refractivity contribution is 5.97. The summed E-state index contributed by atoms with van der Waals surface area (Å²) in [5.74, 6) is -0.563. The monoisotopic (exact) mass is 401 g/mol. The number of carbonyl (C=O) groups is 1. The van der Waals surface area contributed by atoms with E-state index in [1.807, 2.05) is 54.6 Å². The van der Waals surface area contributed by atoms with E-state index < -0.39 is 5.91 Å². The van der Waals surface area contributed by atoms with E-state index in [9.17, 15) is 9.90 Å². The van der Waals surface area contributed by atoms with Crippen molar-refractivity contribution in [3.05, 3.63) is 66.4 Å². The topological polar surface area (TPSA) is 83.1 Å².